The van der Waals surface area contributed by atoms with Crippen molar-refractivity contribution in [3.05, 3.63) is 0 Å². The van der Waals surface area contributed by atoms with Gasteiger partial charge in [-0.25, -0.2) is 9.36 Å². The van der Waals surface area contributed by atoms with Crippen LogP contribution in [0.3, 0.4) is 0 Å². The molecule has 0 amide bonds. The van der Waals surface area contributed by atoms with Gasteiger partial charge in [-0.3, -0.25) is 4.52 Å². The van der Waals surface area contributed by atoms with E-state index in [2.05, 4.69) is 9.26 Å². The highest BCUT2D eigenvalue weighted by molar-refractivity contribution is 7.46. The highest BCUT2D eigenvalue weighted by atomic mass is 31.2. The van der Waals surface area contributed by atoms with Gasteiger partial charge in [0.15, 0.2) is 6.29 Å². The summed E-state index contributed by atoms with van der Waals surface area (Å²) in [5.41, 5.74) is 0. The van der Waals surface area contributed by atoms with E-state index in [9.17, 15) is 24.7 Å². The van der Waals surface area contributed by atoms with E-state index >= 15 is 0 Å². The zero-order valence-corrected chi connectivity index (χ0v) is 10.9. The van der Waals surface area contributed by atoms with Crippen molar-refractivity contribution in [3.63, 3.8) is 0 Å². The van der Waals surface area contributed by atoms with E-state index in [0.717, 1.165) is 0 Å². The Morgan fingerprint density at radius 1 is 1.15 bits per heavy atom. The fourth-order valence-electron chi connectivity index (χ4n) is 1.52. The lowest BCUT2D eigenvalue weighted by Crippen LogP contribution is -2.59. The Balaban J connectivity index is 2.65. The van der Waals surface area contributed by atoms with Gasteiger partial charge in [0.25, 0.3) is 0 Å². The monoisotopic (exact) mass is 318 g/mol. The molecule has 0 aromatic heterocycles. The van der Waals surface area contributed by atoms with Crippen LogP contribution in [-0.4, -0.2) is 80.1 Å². The van der Waals surface area contributed by atoms with E-state index in [4.69, 9.17) is 19.6 Å². The lowest BCUT2D eigenvalue weighted by molar-refractivity contribution is -0.299. The first-order valence-corrected chi connectivity index (χ1v) is 6.88. The average molecular weight is 318 g/mol. The van der Waals surface area contributed by atoms with Gasteiger partial charge in [0.2, 0.25) is 0 Å². The largest absolute Gasteiger partial charge is 0.480 e. The topological polar surface area (TPSA) is 183 Å². The summed E-state index contributed by atoms with van der Waals surface area (Å²) in [4.78, 5) is 27.4. The van der Waals surface area contributed by atoms with E-state index in [1.807, 2.05) is 0 Å². The van der Waals surface area contributed by atoms with Crippen molar-refractivity contribution in [1.82, 2.24) is 0 Å². The predicted molar refractivity (Wildman–Crippen MR) is 58.3 cm³/mol. The molecule has 11 nitrogen and oxygen atoms in total. The van der Waals surface area contributed by atoms with Gasteiger partial charge in [0, 0.05) is 0 Å². The van der Waals surface area contributed by atoms with Gasteiger partial charge in [-0.1, -0.05) is 0 Å². The van der Waals surface area contributed by atoms with Gasteiger partial charge in [-0.05, 0) is 0 Å². The van der Waals surface area contributed by atoms with E-state index < -0.39 is 57.7 Å². The van der Waals surface area contributed by atoms with Gasteiger partial charge >= 0.3 is 13.8 Å². The van der Waals surface area contributed by atoms with Crippen molar-refractivity contribution >= 4 is 13.8 Å². The van der Waals surface area contributed by atoms with Crippen molar-refractivity contribution in [3.8, 4) is 0 Å². The van der Waals surface area contributed by atoms with Gasteiger partial charge in [0.05, 0.1) is 6.61 Å². The number of phosphoric ester groups is 1. The average Bonchev–Trinajstić information content (AvgIpc) is 2.32. The summed E-state index contributed by atoms with van der Waals surface area (Å²) in [5, 5.41) is 37.0. The number of carboxylic acid groups (broad SMARTS) is 1. The summed E-state index contributed by atoms with van der Waals surface area (Å²) in [6.45, 7) is -1.63. The molecular weight excluding hydrogens is 303 g/mol. The van der Waals surface area contributed by atoms with E-state index in [-0.39, 0.29) is 0 Å². The van der Waals surface area contributed by atoms with Crippen LogP contribution in [0.15, 0.2) is 0 Å². The van der Waals surface area contributed by atoms with Gasteiger partial charge in [0.1, 0.15) is 31.0 Å². The standard InChI is InChI=1S/C8H15O11P/c9-4(10)2-17-8-7(13)6(12)5(11)3(19-8)1-18-20(14,15)16/h3,5-8,11-13H,1-2H2,(H,9,10)(H2,14,15,16)/t3?,5-,6?,7-,8+/m1/s1. The fraction of sp³-hybridized carbons (Fsp3) is 0.875. The molecule has 1 saturated heterocycles. The van der Waals surface area contributed by atoms with Crippen molar-refractivity contribution in [2.75, 3.05) is 13.2 Å². The van der Waals surface area contributed by atoms with Crippen LogP contribution in [-0.2, 0) is 23.4 Å². The van der Waals surface area contributed by atoms with Crippen LogP contribution in [0, 0.1) is 0 Å². The second-order valence-corrected chi connectivity index (χ2v) is 5.25. The number of carbonyl (C=O) groups is 1. The number of ether oxygens (including phenoxy) is 2. The van der Waals surface area contributed by atoms with Crippen molar-refractivity contribution in [1.29, 1.82) is 0 Å². The minimum absolute atomic E-state index is 0.790. The second-order valence-electron chi connectivity index (χ2n) is 4.01. The number of hydrogen-bond donors (Lipinski definition) is 6. The maximum absolute atomic E-state index is 10.5. The van der Waals surface area contributed by atoms with Crippen molar-refractivity contribution in [2.45, 2.75) is 30.7 Å². The molecule has 0 aromatic carbocycles. The molecule has 2 unspecified atom stereocenters. The molecule has 0 aliphatic carbocycles. The Morgan fingerprint density at radius 3 is 2.25 bits per heavy atom. The summed E-state index contributed by atoms with van der Waals surface area (Å²) in [5.74, 6) is -1.36. The maximum Gasteiger partial charge on any atom is 0.469 e. The molecule has 1 aliphatic rings. The Kier molecular flexibility index (Phi) is 6.01. The van der Waals surface area contributed by atoms with E-state index in [1.165, 1.54) is 0 Å². The minimum atomic E-state index is -4.81. The van der Waals surface area contributed by atoms with Crippen LogP contribution in [0.4, 0.5) is 0 Å². The molecule has 12 heteroatoms. The lowest BCUT2D eigenvalue weighted by atomic mass is 9.99. The first-order chi connectivity index (χ1) is 9.11. The van der Waals surface area contributed by atoms with Crippen LogP contribution in [0.2, 0.25) is 0 Å². The number of aliphatic hydroxyl groups excluding tert-OH is 3. The third kappa shape index (κ3) is 5.05. The molecule has 5 atom stereocenters. The summed E-state index contributed by atoms with van der Waals surface area (Å²) < 4.78 is 24.2. The van der Waals surface area contributed by atoms with Crippen LogP contribution >= 0.6 is 7.82 Å². The maximum atomic E-state index is 10.5. The van der Waals surface area contributed by atoms with Crippen LogP contribution in [0.5, 0.6) is 0 Å². The molecule has 118 valence electrons. The van der Waals surface area contributed by atoms with Crippen molar-refractivity contribution in [2.24, 2.45) is 0 Å². The first kappa shape index (κ1) is 17.4. The quantitative estimate of drug-likeness (QED) is 0.274. The highest BCUT2D eigenvalue weighted by Crippen LogP contribution is 2.37. The first-order valence-electron chi connectivity index (χ1n) is 5.35. The van der Waals surface area contributed by atoms with Crippen LogP contribution in [0.1, 0.15) is 0 Å². The van der Waals surface area contributed by atoms with Crippen LogP contribution in [0.25, 0.3) is 0 Å². The molecule has 20 heavy (non-hydrogen) atoms. The number of hydrogen-bond acceptors (Lipinski definition) is 8. The second kappa shape index (κ2) is 6.89. The smallest absolute Gasteiger partial charge is 0.469 e. The molecule has 0 bridgehead atoms. The highest BCUT2D eigenvalue weighted by Gasteiger charge is 2.45. The van der Waals surface area contributed by atoms with Gasteiger partial charge in [-0.15, -0.1) is 0 Å². The Bertz CT molecular complexity index is 381. The Labute approximate surface area is 112 Å². The molecule has 0 spiro atoms. The number of aliphatic hydroxyl groups is 3. The molecule has 1 rings (SSSR count). The summed E-state index contributed by atoms with van der Waals surface area (Å²) in [6.07, 6.45) is -8.18. The zero-order valence-electron chi connectivity index (χ0n) is 9.97. The molecule has 1 aliphatic heterocycles. The molecular formula is C8H15O11P. The predicted octanol–water partition coefficient (Wildman–Crippen LogP) is -3.00. The van der Waals surface area contributed by atoms with E-state index in [0.29, 0.717) is 0 Å². The normalized spacial score (nSPS) is 35.0. The number of aliphatic carboxylic acids is 1. The van der Waals surface area contributed by atoms with Gasteiger partial charge in [-0.2, -0.15) is 0 Å². The molecule has 0 saturated carbocycles. The molecule has 6 N–H and O–H groups in total. The number of phosphoric acid groups is 1. The summed E-state index contributed by atoms with van der Waals surface area (Å²) in [7, 11) is -4.81. The van der Waals surface area contributed by atoms with Gasteiger partial charge < -0.3 is 39.7 Å². The Hall–Kier alpha value is -0.620. The summed E-state index contributed by atoms with van der Waals surface area (Å²) >= 11 is 0. The Morgan fingerprint density at radius 2 is 1.75 bits per heavy atom. The fourth-order valence-corrected chi connectivity index (χ4v) is 1.86. The molecule has 0 radical (unpaired) electrons. The molecule has 1 fully saturated rings. The molecule has 0 aromatic rings. The van der Waals surface area contributed by atoms with Crippen LogP contribution < -0.4 is 0 Å². The SMILES string of the molecule is O=C(O)CO[C@H]1OC(COP(=O)(O)O)[C@@H](O)C(O)[C@H]1O. The third-order valence-corrected chi connectivity index (χ3v) is 2.93. The minimum Gasteiger partial charge on any atom is -0.480 e. The zero-order chi connectivity index (χ0) is 15.5. The lowest BCUT2D eigenvalue weighted by Gasteiger charge is -2.39. The van der Waals surface area contributed by atoms with Crippen molar-refractivity contribution < 1.29 is 53.6 Å². The number of carboxylic acids is 1. The third-order valence-electron chi connectivity index (χ3n) is 2.45. The summed E-state index contributed by atoms with van der Waals surface area (Å²) in [6, 6.07) is 0. The number of rotatable bonds is 6. The van der Waals surface area contributed by atoms with E-state index in [1.54, 1.807) is 0 Å². The molecule has 1 heterocycles.